The number of amides is 2. The molecule has 0 fully saturated rings. The van der Waals surface area contributed by atoms with Gasteiger partial charge in [-0.25, -0.2) is 4.39 Å². The lowest BCUT2D eigenvalue weighted by Crippen LogP contribution is -2.20. The summed E-state index contributed by atoms with van der Waals surface area (Å²) in [6.07, 6.45) is 1.35. The van der Waals surface area contributed by atoms with E-state index in [1.807, 2.05) is 0 Å². The maximum absolute atomic E-state index is 14.1. The summed E-state index contributed by atoms with van der Waals surface area (Å²) in [5.41, 5.74) is 0.190. The monoisotopic (exact) mass is 413 g/mol. The number of ether oxygens (including phenoxy) is 1. The Balaban J connectivity index is 1.62. The minimum absolute atomic E-state index is 0.127. The number of carbonyl (C=O) groups excluding carboxylic acids is 2. The molecular formula is C20H16FN3O6. The van der Waals surface area contributed by atoms with Crippen LogP contribution in [0.3, 0.4) is 0 Å². The van der Waals surface area contributed by atoms with Gasteiger partial charge in [0, 0.05) is 11.8 Å². The van der Waals surface area contributed by atoms with Crippen LogP contribution in [-0.2, 0) is 4.79 Å². The molecule has 2 aromatic carbocycles. The van der Waals surface area contributed by atoms with Crippen LogP contribution in [0.2, 0.25) is 0 Å². The van der Waals surface area contributed by atoms with Crippen LogP contribution in [-0.4, -0.2) is 23.3 Å². The molecule has 3 aromatic rings. The van der Waals surface area contributed by atoms with E-state index in [1.54, 1.807) is 6.92 Å². The van der Waals surface area contributed by atoms with Crippen molar-refractivity contribution in [2.24, 2.45) is 0 Å². The fourth-order valence-electron chi connectivity index (χ4n) is 2.54. The molecule has 0 spiro atoms. The zero-order valence-electron chi connectivity index (χ0n) is 15.7. The molecule has 0 saturated heterocycles. The molecule has 2 N–H and O–H groups in total. The van der Waals surface area contributed by atoms with Gasteiger partial charge < -0.3 is 19.8 Å². The summed E-state index contributed by atoms with van der Waals surface area (Å²) in [6.45, 7) is 1.18. The molecule has 3 rings (SSSR count). The topological polar surface area (TPSA) is 124 Å². The summed E-state index contributed by atoms with van der Waals surface area (Å²) in [4.78, 5) is 34.5. The fourth-order valence-corrected chi connectivity index (χ4v) is 2.54. The minimum atomic E-state index is -0.685. The highest BCUT2D eigenvalue weighted by molar-refractivity contribution is 6.05. The Morgan fingerprint density at radius 2 is 1.97 bits per heavy atom. The quantitative estimate of drug-likeness (QED) is 0.447. The second-order valence-electron chi connectivity index (χ2n) is 6.13. The fraction of sp³-hybridized carbons (Fsp3) is 0.100. The van der Waals surface area contributed by atoms with E-state index in [2.05, 4.69) is 10.6 Å². The lowest BCUT2D eigenvalue weighted by Gasteiger charge is -2.10. The van der Waals surface area contributed by atoms with E-state index in [-0.39, 0.29) is 28.4 Å². The molecule has 0 aliphatic heterocycles. The van der Waals surface area contributed by atoms with E-state index in [4.69, 9.17) is 9.15 Å². The van der Waals surface area contributed by atoms with Crippen molar-refractivity contribution in [1.82, 2.24) is 0 Å². The number of halogens is 1. The summed E-state index contributed by atoms with van der Waals surface area (Å²) in [6, 6.07) is 10.5. The summed E-state index contributed by atoms with van der Waals surface area (Å²) in [7, 11) is 0. The van der Waals surface area contributed by atoms with E-state index in [9.17, 15) is 24.1 Å². The first kappa shape index (κ1) is 20.5. The number of nitro groups is 1. The number of rotatable bonds is 7. The zero-order chi connectivity index (χ0) is 21.7. The largest absolute Gasteiger partial charge is 0.484 e. The Labute approximate surface area is 169 Å². The molecule has 1 aromatic heterocycles. The van der Waals surface area contributed by atoms with Crippen LogP contribution >= 0.6 is 0 Å². The van der Waals surface area contributed by atoms with Gasteiger partial charge in [-0.05, 0) is 37.3 Å². The van der Waals surface area contributed by atoms with Gasteiger partial charge in [0.15, 0.2) is 6.61 Å². The van der Waals surface area contributed by atoms with Gasteiger partial charge in [-0.3, -0.25) is 19.7 Å². The van der Waals surface area contributed by atoms with Gasteiger partial charge in [0.1, 0.15) is 17.3 Å². The molecule has 1 heterocycles. The smallest absolute Gasteiger partial charge is 0.273 e. The molecule has 30 heavy (non-hydrogen) atoms. The lowest BCUT2D eigenvalue weighted by molar-refractivity contribution is -0.384. The third-order valence-electron chi connectivity index (χ3n) is 4.00. The summed E-state index contributed by atoms with van der Waals surface area (Å²) >= 11 is 0. The number of nitro benzene ring substituents is 1. The maximum atomic E-state index is 14.1. The molecule has 10 heteroatoms. The molecule has 0 atom stereocenters. The highest BCUT2D eigenvalue weighted by Crippen LogP contribution is 2.22. The second-order valence-corrected chi connectivity index (χ2v) is 6.13. The Hall–Kier alpha value is -4.21. The van der Waals surface area contributed by atoms with Gasteiger partial charge in [-0.2, -0.15) is 0 Å². The average Bonchev–Trinajstić information content (AvgIpc) is 3.15. The molecule has 0 aliphatic carbocycles. The Morgan fingerprint density at radius 1 is 1.17 bits per heavy atom. The van der Waals surface area contributed by atoms with Crippen LogP contribution in [0.4, 0.5) is 21.5 Å². The number of hydrogen-bond acceptors (Lipinski definition) is 6. The number of anilines is 2. The number of carbonyl (C=O) groups is 2. The maximum Gasteiger partial charge on any atom is 0.273 e. The van der Waals surface area contributed by atoms with Gasteiger partial charge in [0.05, 0.1) is 28.5 Å². The molecule has 0 saturated carbocycles. The molecule has 0 bridgehead atoms. The normalized spacial score (nSPS) is 10.3. The molecule has 9 nitrogen and oxygen atoms in total. The Bertz CT molecular complexity index is 1110. The standard InChI is InChI=1S/C20H16FN3O6/c1-12-16(7-8-29-12)20(26)23-18-9-13(5-6-17(18)21)22-19(25)11-30-15-4-2-3-14(10-15)24(27)28/h2-10H,11H2,1H3,(H,22,25)(H,23,26). The van der Waals surface area contributed by atoms with E-state index < -0.39 is 29.2 Å². The second kappa shape index (κ2) is 8.86. The summed E-state index contributed by atoms with van der Waals surface area (Å²) in [5, 5.41) is 15.7. The van der Waals surface area contributed by atoms with Crippen LogP contribution in [0.1, 0.15) is 16.1 Å². The van der Waals surface area contributed by atoms with Crippen molar-refractivity contribution in [2.45, 2.75) is 6.92 Å². The van der Waals surface area contributed by atoms with Crippen LogP contribution in [0.5, 0.6) is 5.75 Å². The average molecular weight is 413 g/mol. The van der Waals surface area contributed by atoms with Crippen LogP contribution in [0.25, 0.3) is 0 Å². The predicted molar refractivity (Wildman–Crippen MR) is 105 cm³/mol. The third-order valence-corrected chi connectivity index (χ3v) is 4.00. The number of aryl methyl sites for hydroxylation is 1. The number of nitrogens with zero attached hydrogens (tertiary/aromatic N) is 1. The van der Waals surface area contributed by atoms with Crippen molar-refractivity contribution in [3.63, 3.8) is 0 Å². The Kier molecular flexibility index (Phi) is 6.06. The molecule has 154 valence electrons. The summed E-state index contributed by atoms with van der Waals surface area (Å²) < 4.78 is 24.3. The molecule has 0 aliphatic rings. The zero-order valence-corrected chi connectivity index (χ0v) is 15.7. The summed E-state index contributed by atoms with van der Waals surface area (Å²) in [5.74, 6) is -1.28. The van der Waals surface area contributed by atoms with Crippen LogP contribution in [0.15, 0.2) is 59.2 Å². The van der Waals surface area contributed by atoms with E-state index in [1.165, 1.54) is 48.7 Å². The number of nitrogens with one attached hydrogen (secondary N) is 2. The minimum Gasteiger partial charge on any atom is -0.484 e. The highest BCUT2D eigenvalue weighted by atomic mass is 19.1. The first-order chi connectivity index (χ1) is 14.3. The van der Waals surface area contributed by atoms with Crippen molar-refractivity contribution >= 4 is 28.9 Å². The van der Waals surface area contributed by atoms with E-state index in [0.717, 1.165) is 6.07 Å². The third kappa shape index (κ3) is 4.98. The first-order valence-corrected chi connectivity index (χ1v) is 8.65. The molecule has 0 unspecified atom stereocenters. The van der Waals surface area contributed by atoms with Gasteiger partial charge in [-0.1, -0.05) is 6.07 Å². The number of non-ortho nitro benzene ring substituents is 1. The highest BCUT2D eigenvalue weighted by Gasteiger charge is 2.15. The first-order valence-electron chi connectivity index (χ1n) is 8.65. The molecule has 2 amide bonds. The van der Waals surface area contributed by atoms with Crippen molar-refractivity contribution in [3.8, 4) is 5.75 Å². The van der Waals surface area contributed by atoms with Gasteiger partial charge in [-0.15, -0.1) is 0 Å². The van der Waals surface area contributed by atoms with Crippen LogP contribution in [0, 0.1) is 22.9 Å². The van der Waals surface area contributed by atoms with Gasteiger partial charge in [0.2, 0.25) is 0 Å². The van der Waals surface area contributed by atoms with Crippen molar-refractivity contribution in [2.75, 3.05) is 17.2 Å². The lowest BCUT2D eigenvalue weighted by atomic mass is 10.2. The Morgan fingerprint density at radius 3 is 2.67 bits per heavy atom. The van der Waals surface area contributed by atoms with Gasteiger partial charge >= 0.3 is 0 Å². The number of hydrogen-bond donors (Lipinski definition) is 2. The number of furan rings is 1. The molecular weight excluding hydrogens is 397 g/mol. The predicted octanol–water partition coefficient (Wildman–Crippen LogP) is 3.91. The van der Waals surface area contributed by atoms with Crippen LogP contribution < -0.4 is 15.4 Å². The van der Waals surface area contributed by atoms with Gasteiger partial charge in [0.25, 0.3) is 17.5 Å². The van der Waals surface area contributed by atoms with Crippen molar-refractivity contribution < 1.29 is 28.1 Å². The number of benzene rings is 2. The molecule has 0 radical (unpaired) electrons. The SMILES string of the molecule is Cc1occc1C(=O)Nc1cc(NC(=O)COc2cccc([N+](=O)[O-])c2)ccc1F. The van der Waals surface area contributed by atoms with Crippen molar-refractivity contribution in [3.05, 3.63) is 82.0 Å². The van der Waals surface area contributed by atoms with E-state index >= 15 is 0 Å². The van der Waals surface area contributed by atoms with E-state index in [0.29, 0.717) is 5.76 Å². The van der Waals surface area contributed by atoms with Crippen molar-refractivity contribution in [1.29, 1.82) is 0 Å².